The van der Waals surface area contributed by atoms with E-state index < -0.39 is 0 Å². The molecule has 1 aromatic rings. The molecule has 0 bridgehead atoms. The maximum absolute atomic E-state index is 9.71. The number of aromatic hydroxyl groups is 1. The molecule has 4 nitrogen and oxygen atoms in total. The Bertz CT molecular complexity index is 469. The number of aryl methyl sites for hydroxylation is 1. The number of hydrogen-bond donors (Lipinski definition) is 2. The fourth-order valence-electron chi connectivity index (χ4n) is 3.27. The fraction of sp³-hybridized carbons (Fsp3) is 0.625. The van der Waals surface area contributed by atoms with Gasteiger partial charge >= 0.3 is 0 Å². The molecule has 1 aromatic carbocycles. The highest BCUT2D eigenvalue weighted by molar-refractivity contribution is 5.38. The van der Waals surface area contributed by atoms with Crippen molar-refractivity contribution in [2.45, 2.75) is 37.3 Å². The molecule has 2 aliphatic rings. The van der Waals surface area contributed by atoms with Crippen LogP contribution in [0.25, 0.3) is 0 Å². The van der Waals surface area contributed by atoms with Crippen LogP contribution in [0.3, 0.4) is 0 Å². The van der Waals surface area contributed by atoms with E-state index in [1.54, 1.807) is 13.2 Å². The van der Waals surface area contributed by atoms with Crippen LogP contribution in [-0.4, -0.2) is 37.6 Å². The summed E-state index contributed by atoms with van der Waals surface area (Å²) >= 11 is 0. The molecule has 0 spiro atoms. The van der Waals surface area contributed by atoms with Gasteiger partial charge in [0.15, 0.2) is 0 Å². The molecule has 20 heavy (non-hydrogen) atoms. The molecule has 2 N–H and O–H groups in total. The third-order valence-corrected chi connectivity index (χ3v) is 4.61. The van der Waals surface area contributed by atoms with E-state index in [9.17, 15) is 5.11 Å². The number of fused-ring (bicyclic) bond motifs is 1. The second-order valence-corrected chi connectivity index (χ2v) is 5.90. The zero-order valence-electron chi connectivity index (χ0n) is 12.0. The topological polar surface area (TPSA) is 50.7 Å². The summed E-state index contributed by atoms with van der Waals surface area (Å²) in [5, 5.41) is 13.3. The van der Waals surface area contributed by atoms with E-state index in [1.807, 2.05) is 12.1 Å². The van der Waals surface area contributed by atoms with Gasteiger partial charge in [0.1, 0.15) is 11.4 Å². The van der Waals surface area contributed by atoms with Gasteiger partial charge in [0.05, 0.1) is 6.61 Å². The number of nitrogens with one attached hydrogen (secondary N) is 1. The lowest BCUT2D eigenvalue weighted by molar-refractivity contribution is -0.0178. The normalized spacial score (nSPS) is 29.4. The molecular weight excluding hydrogens is 254 g/mol. The van der Waals surface area contributed by atoms with Crippen LogP contribution in [0, 0.1) is 0 Å². The third-order valence-electron chi connectivity index (χ3n) is 4.61. The van der Waals surface area contributed by atoms with Crippen LogP contribution < -0.4 is 5.32 Å². The molecule has 2 unspecified atom stereocenters. The second kappa shape index (κ2) is 5.72. The van der Waals surface area contributed by atoms with E-state index in [0.717, 1.165) is 32.4 Å². The molecule has 1 saturated heterocycles. The summed E-state index contributed by atoms with van der Waals surface area (Å²) in [5.74, 6) is 0.350. The van der Waals surface area contributed by atoms with Crippen LogP contribution in [0.5, 0.6) is 5.75 Å². The lowest BCUT2D eigenvalue weighted by Crippen LogP contribution is -2.44. The molecule has 0 radical (unpaired) electrons. The number of methoxy groups -OCH3 is 1. The highest BCUT2D eigenvalue weighted by Gasteiger charge is 2.35. The minimum Gasteiger partial charge on any atom is -0.508 e. The third kappa shape index (κ3) is 2.68. The molecule has 1 heterocycles. The predicted molar refractivity (Wildman–Crippen MR) is 77.0 cm³/mol. The first kappa shape index (κ1) is 13.9. The fourth-order valence-corrected chi connectivity index (χ4v) is 3.27. The number of hydrogen-bond acceptors (Lipinski definition) is 4. The van der Waals surface area contributed by atoms with Crippen LogP contribution >= 0.6 is 0 Å². The highest BCUT2D eigenvalue weighted by atomic mass is 16.5. The number of benzene rings is 1. The maximum atomic E-state index is 9.71. The van der Waals surface area contributed by atoms with Gasteiger partial charge in [-0.2, -0.15) is 0 Å². The number of rotatable bonds is 4. The van der Waals surface area contributed by atoms with E-state index in [1.165, 1.54) is 17.5 Å². The Morgan fingerprint density at radius 1 is 1.50 bits per heavy atom. The molecule has 0 amide bonds. The van der Waals surface area contributed by atoms with Gasteiger partial charge in [0.25, 0.3) is 0 Å². The van der Waals surface area contributed by atoms with Gasteiger partial charge in [-0.05, 0) is 42.5 Å². The zero-order valence-corrected chi connectivity index (χ0v) is 12.0. The minimum absolute atomic E-state index is 0.186. The highest BCUT2D eigenvalue weighted by Crippen LogP contribution is 2.33. The Morgan fingerprint density at radius 3 is 3.15 bits per heavy atom. The molecule has 1 aliphatic heterocycles. The largest absolute Gasteiger partial charge is 0.508 e. The Hall–Kier alpha value is -1.10. The van der Waals surface area contributed by atoms with E-state index in [2.05, 4.69) is 5.32 Å². The Kier molecular flexibility index (Phi) is 3.96. The Labute approximate surface area is 120 Å². The van der Waals surface area contributed by atoms with Crippen molar-refractivity contribution in [2.24, 2.45) is 0 Å². The molecule has 4 heteroatoms. The smallest absolute Gasteiger partial charge is 0.115 e. The summed E-state index contributed by atoms with van der Waals surface area (Å²) in [5.41, 5.74) is 2.40. The van der Waals surface area contributed by atoms with Crippen LogP contribution in [0.1, 0.15) is 36.4 Å². The first-order valence-electron chi connectivity index (χ1n) is 7.40. The van der Waals surface area contributed by atoms with Crippen LogP contribution in [0.2, 0.25) is 0 Å². The first-order chi connectivity index (χ1) is 9.72. The van der Waals surface area contributed by atoms with Crippen molar-refractivity contribution < 1.29 is 14.6 Å². The second-order valence-electron chi connectivity index (χ2n) is 5.90. The Morgan fingerprint density at radius 2 is 2.40 bits per heavy atom. The average Bonchev–Trinajstić information content (AvgIpc) is 2.94. The predicted octanol–water partition coefficient (Wildman–Crippen LogP) is 2.16. The molecule has 110 valence electrons. The van der Waals surface area contributed by atoms with Crippen molar-refractivity contribution >= 4 is 0 Å². The summed E-state index contributed by atoms with van der Waals surface area (Å²) in [4.78, 5) is 0. The van der Waals surface area contributed by atoms with E-state index in [4.69, 9.17) is 9.47 Å². The monoisotopic (exact) mass is 277 g/mol. The van der Waals surface area contributed by atoms with Gasteiger partial charge in [-0.1, -0.05) is 6.07 Å². The zero-order chi connectivity index (χ0) is 14.0. The van der Waals surface area contributed by atoms with E-state index in [0.29, 0.717) is 18.4 Å². The molecule has 0 saturated carbocycles. The van der Waals surface area contributed by atoms with Crippen molar-refractivity contribution in [1.29, 1.82) is 0 Å². The maximum Gasteiger partial charge on any atom is 0.115 e. The van der Waals surface area contributed by atoms with Crippen LogP contribution in [-0.2, 0) is 15.9 Å². The van der Waals surface area contributed by atoms with Crippen molar-refractivity contribution in [1.82, 2.24) is 5.32 Å². The molecule has 2 atom stereocenters. The van der Waals surface area contributed by atoms with Crippen molar-refractivity contribution in [3.05, 3.63) is 29.3 Å². The molecule has 0 aromatic heterocycles. The average molecular weight is 277 g/mol. The number of ether oxygens (including phenoxy) is 2. The summed E-state index contributed by atoms with van der Waals surface area (Å²) in [7, 11) is 1.76. The number of phenols is 1. The van der Waals surface area contributed by atoms with Crippen molar-refractivity contribution in [3.8, 4) is 5.75 Å². The van der Waals surface area contributed by atoms with Crippen LogP contribution in [0.4, 0.5) is 0 Å². The molecule has 3 rings (SSSR count). The number of phenolic OH excluding ortho intramolecular Hbond substituents is 1. The minimum atomic E-state index is -0.186. The SMILES string of the molecule is COC1(CNC2CCCc3ccc(O)cc32)CCOC1. The van der Waals surface area contributed by atoms with E-state index in [-0.39, 0.29) is 5.60 Å². The van der Waals surface area contributed by atoms with Crippen molar-refractivity contribution in [3.63, 3.8) is 0 Å². The summed E-state index contributed by atoms with van der Waals surface area (Å²) in [6.07, 6.45) is 4.34. The summed E-state index contributed by atoms with van der Waals surface area (Å²) in [6.45, 7) is 2.23. The first-order valence-corrected chi connectivity index (χ1v) is 7.40. The Balaban J connectivity index is 1.71. The quantitative estimate of drug-likeness (QED) is 0.885. The van der Waals surface area contributed by atoms with Crippen molar-refractivity contribution in [2.75, 3.05) is 26.9 Å². The van der Waals surface area contributed by atoms with Gasteiger partial charge in [0, 0.05) is 32.7 Å². The van der Waals surface area contributed by atoms with Crippen LogP contribution in [0.15, 0.2) is 18.2 Å². The molecular formula is C16H23NO3. The van der Waals surface area contributed by atoms with Gasteiger partial charge < -0.3 is 19.9 Å². The van der Waals surface area contributed by atoms with E-state index >= 15 is 0 Å². The summed E-state index contributed by atoms with van der Waals surface area (Å²) in [6, 6.07) is 6.03. The standard InChI is InChI=1S/C16H23NO3/c1-19-16(7-8-20-11-16)10-17-15-4-2-3-12-5-6-13(18)9-14(12)15/h5-6,9,15,17-18H,2-4,7-8,10-11H2,1H3. The molecule has 1 fully saturated rings. The van der Waals surface area contributed by atoms with Gasteiger partial charge in [0.2, 0.25) is 0 Å². The van der Waals surface area contributed by atoms with Gasteiger partial charge in [-0.3, -0.25) is 0 Å². The lowest BCUT2D eigenvalue weighted by atomic mass is 9.87. The summed E-state index contributed by atoms with van der Waals surface area (Å²) < 4.78 is 11.1. The lowest BCUT2D eigenvalue weighted by Gasteiger charge is -2.32. The molecule has 1 aliphatic carbocycles. The van der Waals surface area contributed by atoms with Gasteiger partial charge in [-0.15, -0.1) is 0 Å². The van der Waals surface area contributed by atoms with Gasteiger partial charge in [-0.25, -0.2) is 0 Å².